The van der Waals surface area contributed by atoms with E-state index in [4.69, 9.17) is 33.2 Å². The lowest BCUT2D eigenvalue weighted by Gasteiger charge is -2.45. The van der Waals surface area contributed by atoms with Crippen molar-refractivity contribution < 1.29 is 73.7 Å². The van der Waals surface area contributed by atoms with Crippen LogP contribution < -0.4 is 29.7 Å². The van der Waals surface area contributed by atoms with Gasteiger partial charge in [0.25, 0.3) is 0 Å². The Labute approximate surface area is 286 Å². The van der Waals surface area contributed by atoms with E-state index in [1.54, 1.807) is 12.1 Å². The highest BCUT2D eigenvalue weighted by Gasteiger charge is 2.51. The number of amides is 1. The van der Waals surface area contributed by atoms with Gasteiger partial charge in [-0.25, -0.2) is 0 Å². The van der Waals surface area contributed by atoms with E-state index in [2.05, 4.69) is 5.32 Å². The van der Waals surface area contributed by atoms with E-state index in [0.29, 0.717) is 35.1 Å². The Morgan fingerprint density at radius 3 is 2.10 bits per heavy atom. The van der Waals surface area contributed by atoms with Crippen molar-refractivity contribution in [2.75, 3.05) is 34.5 Å². The number of aliphatic hydroxyl groups is 7. The summed E-state index contributed by atoms with van der Waals surface area (Å²) in [7, 11) is 4.12. The van der Waals surface area contributed by atoms with E-state index in [9.17, 15) is 45.3 Å². The average Bonchev–Trinajstić information content (AvgIpc) is 3.34. The lowest BCUT2D eigenvalue weighted by atomic mass is 9.95. The molecule has 1 aliphatic carbocycles. The minimum absolute atomic E-state index is 0.00810. The lowest BCUT2D eigenvalue weighted by Crippen LogP contribution is -2.65. The molecule has 11 atom stereocenters. The quantitative estimate of drug-likeness (QED) is 0.131. The molecule has 2 aliphatic heterocycles. The van der Waals surface area contributed by atoms with E-state index in [1.165, 1.54) is 40.4 Å². The van der Waals surface area contributed by atoms with Crippen molar-refractivity contribution in [3.8, 4) is 34.1 Å². The second kappa shape index (κ2) is 15.7. The molecule has 1 amide bonds. The van der Waals surface area contributed by atoms with Gasteiger partial charge in [-0.3, -0.25) is 9.59 Å². The number of ether oxygens (including phenoxy) is 7. The van der Waals surface area contributed by atoms with E-state index in [-0.39, 0.29) is 28.9 Å². The molecule has 3 aliphatic rings. The summed E-state index contributed by atoms with van der Waals surface area (Å²) in [6, 6.07) is 5.64. The van der Waals surface area contributed by atoms with Gasteiger partial charge in [0.1, 0.15) is 48.8 Å². The summed E-state index contributed by atoms with van der Waals surface area (Å²) in [5.41, 5.74) is 1.84. The summed E-state index contributed by atoms with van der Waals surface area (Å²) in [4.78, 5) is 25.2. The van der Waals surface area contributed by atoms with E-state index >= 15 is 0 Å². The van der Waals surface area contributed by atoms with Crippen LogP contribution in [0, 0.1) is 0 Å². The topological polar surface area (TPSA) is 252 Å². The minimum atomic E-state index is -1.85. The Hall–Kier alpha value is -3.62. The van der Waals surface area contributed by atoms with Crippen LogP contribution in [0.5, 0.6) is 23.0 Å². The van der Waals surface area contributed by atoms with Gasteiger partial charge in [-0.1, -0.05) is 6.07 Å². The average molecular weight is 710 g/mol. The van der Waals surface area contributed by atoms with Crippen molar-refractivity contribution in [3.63, 3.8) is 0 Å². The minimum Gasteiger partial charge on any atom is -0.493 e. The van der Waals surface area contributed by atoms with Gasteiger partial charge in [0, 0.05) is 12.5 Å². The molecule has 8 N–H and O–H groups in total. The van der Waals surface area contributed by atoms with Crippen molar-refractivity contribution in [2.24, 2.45) is 0 Å². The summed E-state index contributed by atoms with van der Waals surface area (Å²) in [5.74, 6) is 0.00619. The van der Waals surface area contributed by atoms with Crippen molar-refractivity contribution in [1.82, 2.24) is 5.32 Å². The second-order valence-corrected chi connectivity index (χ2v) is 12.2. The third-order valence-corrected chi connectivity index (χ3v) is 9.08. The monoisotopic (exact) mass is 709 g/mol. The predicted octanol–water partition coefficient (Wildman–Crippen LogP) is -2.13. The number of hydrogen-bond donors (Lipinski definition) is 8. The molecular weight excluding hydrogens is 666 g/mol. The van der Waals surface area contributed by atoms with E-state index < -0.39 is 86.1 Å². The Morgan fingerprint density at radius 2 is 1.48 bits per heavy atom. The number of carbonyl (C=O) groups excluding carboxylic acids is 1. The fourth-order valence-electron chi connectivity index (χ4n) is 6.57. The van der Waals surface area contributed by atoms with Crippen LogP contribution in [-0.2, 0) is 25.4 Å². The van der Waals surface area contributed by atoms with E-state index in [1.807, 2.05) is 0 Å². The predicted molar refractivity (Wildman–Crippen MR) is 170 cm³/mol. The Bertz CT molecular complexity index is 1590. The van der Waals surface area contributed by atoms with Gasteiger partial charge in [0.05, 0.1) is 40.6 Å². The molecule has 0 bridgehead atoms. The number of methoxy groups -OCH3 is 3. The number of rotatable bonds is 10. The molecule has 2 aromatic carbocycles. The van der Waals surface area contributed by atoms with Crippen molar-refractivity contribution in [3.05, 3.63) is 45.6 Å². The zero-order valence-corrected chi connectivity index (χ0v) is 27.8. The zero-order valence-electron chi connectivity index (χ0n) is 27.8. The molecule has 0 saturated carbocycles. The maximum absolute atomic E-state index is 13.0. The first-order chi connectivity index (χ1) is 23.9. The number of aryl methyl sites for hydroxylation is 1. The third kappa shape index (κ3) is 7.11. The van der Waals surface area contributed by atoms with Gasteiger partial charge >= 0.3 is 0 Å². The number of aliphatic hydroxyl groups excluding tert-OH is 7. The SMILES string of the molecule is COc1c(O[C@@H]2O[C@H](CO)[C@@H](O)[C@H](O[C@@H]3O[C@H](CO)[C@@H](O)[C@H](O)[C@H]3O)[C@H]2O)cc2c(c1OC)-c1ccc(OC)c(=O)cc1[C@@H](NC(C)=O)CC2. The molecule has 2 aromatic rings. The molecule has 5 rings (SSSR count). The van der Waals surface area contributed by atoms with Gasteiger partial charge in [0.15, 0.2) is 23.5 Å². The molecule has 2 fully saturated rings. The number of nitrogens with one attached hydrogen (secondary N) is 1. The third-order valence-electron chi connectivity index (χ3n) is 9.08. The van der Waals surface area contributed by atoms with Crippen LogP contribution in [0.4, 0.5) is 0 Å². The maximum atomic E-state index is 13.0. The fraction of sp³-hybridized carbons (Fsp3) is 0.576. The molecule has 17 nitrogen and oxygen atoms in total. The van der Waals surface area contributed by atoms with Crippen LogP contribution in [0.2, 0.25) is 0 Å². The van der Waals surface area contributed by atoms with Gasteiger partial charge in [-0.2, -0.15) is 0 Å². The van der Waals surface area contributed by atoms with Crippen molar-refractivity contribution >= 4 is 5.91 Å². The summed E-state index contributed by atoms with van der Waals surface area (Å²) in [6.45, 7) is -0.125. The first kappa shape index (κ1) is 37.6. The van der Waals surface area contributed by atoms with Crippen molar-refractivity contribution in [1.29, 1.82) is 0 Å². The first-order valence-corrected chi connectivity index (χ1v) is 15.9. The molecule has 0 unspecified atom stereocenters. The number of hydrogen-bond acceptors (Lipinski definition) is 16. The van der Waals surface area contributed by atoms with Crippen LogP contribution >= 0.6 is 0 Å². The smallest absolute Gasteiger partial charge is 0.229 e. The highest BCUT2D eigenvalue weighted by Crippen LogP contribution is 2.51. The Morgan fingerprint density at radius 1 is 0.820 bits per heavy atom. The Balaban J connectivity index is 1.55. The number of carbonyl (C=O) groups is 1. The van der Waals surface area contributed by atoms with Crippen LogP contribution in [0.3, 0.4) is 0 Å². The van der Waals surface area contributed by atoms with Crippen LogP contribution in [0.25, 0.3) is 11.1 Å². The molecule has 17 heteroatoms. The first-order valence-electron chi connectivity index (χ1n) is 15.9. The molecule has 0 aromatic heterocycles. The molecule has 0 spiro atoms. The zero-order chi connectivity index (χ0) is 36.4. The summed E-state index contributed by atoms with van der Waals surface area (Å²) in [5, 5.41) is 75.7. The molecule has 0 radical (unpaired) electrons. The van der Waals surface area contributed by atoms with E-state index in [0.717, 1.165) is 0 Å². The highest BCUT2D eigenvalue weighted by molar-refractivity contribution is 5.83. The van der Waals surface area contributed by atoms with Gasteiger partial charge < -0.3 is 74.2 Å². The summed E-state index contributed by atoms with van der Waals surface area (Å²) in [6.07, 6.45) is -15.9. The van der Waals surface area contributed by atoms with Gasteiger partial charge in [-0.05, 0) is 47.7 Å². The molecule has 276 valence electrons. The molecule has 2 saturated heterocycles. The molecule has 50 heavy (non-hydrogen) atoms. The van der Waals surface area contributed by atoms with Crippen molar-refractivity contribution in [2.45, 2.75) is 87.2 Å². The van der Waals surface area contributed by atoms with Gasteiger partial charge in [0.2, 0.25) is 23.4 Å². The molecule has 2 heterocycles. The Kier molecular flexibility index (Phi) is 11.8. The fourth-order valence-corrected chi connectivity index (χ4v) is 6.57. The number of fused-ring (bicyclic) bond motifs is 3. The number of benzene rings is 1. The van der Waals surface area contributed by atoms with Crippen LogP contribution in [0.1, 0.15) is 30.5 Å². The van der Waals surface area contributed by atoms with Gasteiger partial charge in [-0.15, -0.1) is 0 Å². The highest BCUT2D eigenvalue weighted by atomic mass is 16.7. The van der Waals surface area contributed by atoms with Crippen LogP contribution in [-0.4, -0.2) is 138 Å². The largest absolute Gasteiger partial charge is 0.493 e. The van der Waals surface area contributed by atoms with Crippen LogP contribution in [0.15, 0.2) is 29.1 Å². The normalized spacial score (nSPS) is 32.2. The summed E-state index contributed by atoms with van der Waals surface area (Å²) < 4.78 is 39.8. The molecular formula is C33H43NO16. The summed E-state index contributed by atoms with van der Waals surface area (Å²) >= 11 is 0. The standard InChI is InChI=1S/C33H43NO16/c1-13(37)34-17-7-5-14-9-20(29(45-3)30(46-4)23(14)15-6-8-19(44-2)18(38)10-16(15)17)47-33-28(43)31(25(40)22(12-36)49-33)50-32-27(42)26(41)24(39)21(11-35)48-32/h6,8-10,17,21-22,24-28,31-33,35-36,39-43H,5,7,11-12H2,1-4H3,(H,34,37)/t17-,21+,22+,24+,25+,26-,27+,28+,31-,32-,33+/m0/s1. The lowest BCUT2D eigenvalue weighted by molar-refractivity contribution is -0.352. The maximum Gasteiger partial charge on any atom is 0.229 e. The second-order valence-electron chi connectivity index (χ2n) is 12.2.